The molecule has 2 N–H and O–H groups in total. The van der Waals surface area contributed by atoms with Crippen molar-refractivity contribution in [1.29, 1.82) is 0 Å². The van der Waals surface area contributed by atoms with Crippen LogP contribution in [0.15, 0.2) is 175 Å². The first kappa shape index (κ1) is 29.9. The minimum atomic E-state index is -0.149. The standard InChI is InChI=1S/C49H32N2O/c1-30-35-26-27-42(40-22-9-16-32-13-3-6-19-37(32)40)43-24-11-25-44(47(35)43)49(52)51(30)46-29-34(39-21-8-15-31-12-2-5-18-36(31)39)28-45(48(46)50)41-23-10-17-33-14-4-7-20-38(33)41/h2-29H,1,50H2. The Hall–Kier alpha value is -6.97. The molecular formula is C49H32N2O. The summed E-state index contributed by atoms with van der Waals surface area (Å²) < 4.78 is 1.73. The van der Waals surface area contributed by atoms with Crippen LogP contribution in [0.3, 0.4) is 0 Å². The number of nitrogens with zero attached hydrogens (tertiary/aromatic N) is 1. The summed E-state index contributed by atoms with van der Waals surface area (Å²) in [7, 11) is 0. The highest BCUT2D eigenvalue weighted by atomic mass is 16.1. The minimum Gasteiger partial charge on any atom is -0.397 e. The van der Waals surface area contributed by atoms with E-state index in [4.69, 9.17) is 5.73 Å². The quantitative estimate of drug-likeness (QED) is 0.190. The van der Waals surface area contributed by atoms with Gasteiger partial charge in [0.15, 0.2) is 0 Å². The smallest absolute Gasteiger partial charge is 0.263 e. The summed E-state index contributed by atoms with van der Waals surface area (Å²) in [6, 6.07) is 58.7. The molecule has 1 aromatic heterocycles. The van der Waals surface area contributed by atoms with Crippen molar-refractivity contribution in [1.82, 2.24) is 4.57 Å². The van der Waals surface area contributed by atoms with Gasteiger partial charge < -0.3 is 5.73 Å². The van der Waals surface area contributed by atoms with Gasteiger partial charge in [0, 0.05) is 21.7 Å². The van der Waals surface area contributed by atoms with Crippen LogP contribution in [0, 0.1) is 0 Å². The van der Waals surface area contributed by atoms with Gasteiger partial charge in [0.1, 0.15) is 0 Å². The Labute approximate surface area is 300 Å². The molecule has 0 aliphatic rings. The van der Waals surface area contributed by atoms with Gasteiger partial charge in [0.25, 0.3) is 5.56 Å². The molecule has 1 heterocycles. The molecule has 0 radical (unpaired) electrons. The first-order chi connectivity index (χ1) is 25.6. The normalized spacial score (nSPS) is 11.7. The minimum absolute atomic E-state index is 0.149. The lowest BCUT2D eigenvalue weighted by Crippen LogP contribution is -2.32. The lowest BCUT2D eigenvalue weighted by molar-refractivity contribution is 0.983. The van der Waals surface area contributed by atoms with E-state index < -0.39 is 0 Å². The Balaban J connectivity index is 1.29. The Kier molecular flexibility index (Phi) is 6.64. The maximum Gasteiger partial charge on any atom is 0.263 e. The molecule has 0 spiro atoms. The molecule has 0 amide bonds. The third kappa shape index (κ3) is 4.43. The second-order valence-electron chi connectivity index (χ2n) is 13.5. The monoisotopic (exact) mass is 664 g/mol. The Morgan fingerprint density at radius 2 is 0.885 bits per heavy atom. The van der Waals surface area contributed by atoms with E-state index in [1.807, 2.05) is 18.2 Å². The van der Waals surface area contributed by atoms with Gasteiger partial charge in [-0.3, -0.25) is 9.36 Å². The summed E-state index contributed by atoms with van der Waals surface area (Å²) in [6.07, 6.45) is 0. The number of rotatable bonds is 4. The molecule has 0 unspecified atom stereocenters. The van der Waals surface area contributed by atoms with E-state index in [2.05, 4.69) is 158 Å². The molecular weight excluding hydrogens is 633 g/mol. The van der Waals surface area contributed by atoms with Crippen molar-refractivity contribution in [3.8, 4) is 39.1 Å². The lowest BCUT2D eigenvalue weighted by Gasteiger charge is -2.20. The maximum atomic E-state index is 15.0. The van der Waals surface area contributed by atoms with E-state index in [0.717, 1.165) is 71.1 Å². The van der Waals surface area contributed by atoms with Crippen molar-refractivity contribution < 1.29 is 0 Å². The van der Waals surface area contributed by atoms with Crippen molar-refractivity contribution in [2.24, 2.45) is 0 Å². The highest BCUT2D eigenvalue weighted by molar-refractivity contribution is 6.17. The molecule has 9 aromatic carbocycles. The summed E-state index contributed by atoms with van der Waals surface area (Å²) in [6.45, 7) is 4.59. The number of anilines is 1. The van der Waals surface area contributed by atoms with Crippen LogP contribution in [0.1, 0.15) is 0 Å². The fraction of sp³-hybridized carbons (Fsp3) is 0. The van der Waals surface area contributed by atoms with Gasteiger partial charge >= 0.3 is 0 Å². The van der Waals surface area contributed by atoms with Crippen LogP contribution < -0.4 is 16.6 Å². The number of aromatic nitrogens is 1. The van der Waals surface area contributed by atoms with E-state index in [9.17, 15) is 4.79 Å². The number of nitrogen functional groups attached to an aromatic ring is 1. The molecule has 244 valence electrons. The zero-order valence-corrected chi connectivity index (χ0v) is 28.3. The first-order valence-corrected chi connectivity index (χ1v) is 17.5. The molecule has 0 aliphatic carbocycles. The Morgan fingerprint density at radius 1 is 0.423 bits per heavy atom. The molecule has 10 aromatic rings. The molecule has 3 nitrogen and oxygen atoms in total. The summed E-state index contributed by atoms with van der Waals surface area (Å²) in [5.74, 6) is 0. The van der Waals surface area contributed by atoms with Crippen LogP contribution in [-0.2, 0) is 0 Å². The van der Waals surface area contributed by atoms with E-state index in [0.29, 0.717) is 22.1 Å². The van der Waals surface area contributed by atoms with Crippen molar-refractivity contribution in [3.05, 3.63) is 186 Å². The first-order valence-electron chi connectivity index (χ1n) is 17.5. The van der Waals surface area contributed by atoms with E-state index >= 15 is 0 Å². The van der Waals surface area contributed by atoms with Gasteiger partial charge in [-0.05, 0) is 83.7 Å². The van der Waals surface area contributed by atoms with Gasteiger partial charge in [-0.1, -0.05) is 158 Å². The number of nitrogens with two attached hydrogens (primary N) is 1. The zero-order chi connectivity index (χ0) is 34.9. The van der Waals surface area contributed by atoms with Crippen molar-refractivity contribution >= 4 is 66.1 Å². The largest absolute Gasteiger partial charge is 0.397 e. The molecule has 0 fully saturated rings. The fourth-order valence-corrected chi connectivity index (χ4v) is 8.28. The highest BCUT2D eigenvalue weighted by Crippen LogP contribution is 2.41. The van der Waals surface area contributed by atoms with Gasteiger partial charge in [-0.15, -0.1) is 0 Å². The van der Waals surface area contributed by atoms with E-state index in [-0.39, 0.29) is 5.56 Å². The van der Waals surface area contributed by atoms with Crippen molar-refractivity contribution in [2.75, 3.05) is 5.73 Å². The Bertz CT molecular complexity index is 3140. The number of hydrogen-bond acceptors (Lipinski definition) is 2. The maximum absolute atomic E-state index is 15.0. The second kappa shape index (κ2) is 11.5. The lowest BCUT2D eigenvalue weighted by atomic mass is 9.90. The fourth-order valence-electron chi connectivity index (χ4n) is 8.28. The zero-order valence-electron chi connectivity index (χ0n) is 28.3. The molecule has 0 aliphatic heterocycles. The third-order valence-electron chi connectivity index (χ3n) is 10.7. The van der Waals surface area contributed by atoms with Crippen LogP contribution in [0.5, 0.6) is 0 Å². The topological polar surface area (TPSA) is 48.0 Å². The molecule has 10 rings (SSSR count). The molecule has 3 heteroatoms. The van der Waals surface area contributed by atoms with Crippen LogP contribution >= 0.6 is 0 Å². The van der Waals surface area contributed by atoms with Gasteiger partial charge in [-0.2, -0.15) is 0 Å². The average Bonchev–Trinajstić information content (AvgIpc) is 3.20. The van der Waals surface area contributed by atoms with E-state index in [1.165, 1.54) is 10.8 Å². The highest BCUT2D eigenvalue weighted by Gasteiger charge is 2.21. The SMILES string of the molecule is C=c1c2ccc(-c3cccc4ccccc34)c3cccc(c(=O)n1-c1cc(-c4cccc5ccccc45)cc(-c4cccc5ccccc45)c1N)c32. The predicted molar refractivity (Wildman–Crippen MR) is 221 cm³/mol. The summed E-state index contributed by atoms with van der Waals surface area (Å²) in [5.41, 5.74) is 14.4. The number of pyridine rings is 1. The second-order valence-corrected chi connectivity index (χ2v) is 13.5. The van der Waals surface area contributed by atoms with Crippen LogP contribution in [0.2, 0.25) is 0 Å². The summed E-state index contributed by atoms with van der Waals surface area (Å²) in [4.78, 5) is 15.0. The third-order valence-corrected chi connectivity index (χ3v) is 10.7. The molecule has 52 heavy (non-hydrogen) atoms. The van der Waals surface area contributed by atoms with Crippen LogP contribution in [0.25, 0.3) is 99.5 Å². The molecule has 0 saturated heterocycles. The summed E-state index contributed by atoms with van der Waals surface area (Å²) >= 11 is 0. The number of benzene rings is 9. The van der Waals surface area contributed by atoms with Gasteiger partial charge in [-0.25, -0.2) is 0 Å². The summed E-state index contributed by atoms with van der Waals surface area (Å²) in [5, 5.41) is 10.9. The average molecular weight is 665 g/mol. The van der Waals surface area contributed by atoms with Crippen LogP contribution in [0.4, 0.5) is 5.69 Å². The van der Waals surface area contributed by atoms with Crippen molar-refractivity contribution in [2.45, 2.75) is 0 Å². The molecule has 0 bridgehead atoms. The van der Waals surface area contributed by atoms with E-state index in [1.54, 1.807) is 4.57 Å². The van der Waals surface area contributed by atoms with Gasteiger partial charge in [0.2, 0.25) is 0 Å². The number of hydrogen-bond donors (Lipinski definition) is 1. The Morgan fingerprint density at radius 3 is 1.52 bits per heavy atom. The van der Waals surface area contributed by atoms with Crippen molar-refractivity contribution in [3.63, 3.8) is 0 Å². The predicted octanol–water partition coefficient (Wildman–Crippen LogP) is 11.3. The van der Waals surface area contributed by atoms with Crippen LogP contribution in [-0.4, -0.2) is 4.57 Å². The molecule has 0 saturated carbocycles. The molecule has 0 atom stereocenters. The van der Waals surface area contributed by atoms with Gasteiger partial charge in [0.05, 0.1) is 16.7 Å². The number of fused-ring (bicyclic) bond motifs is 3.